The second kappa shape index (κ2) is 12.0. The molecular formula is C25H33N3O4S. The maximum atomic E-state index is 12.7. The number of unbranched alkanes of at least 4 members (excludes halogenated alkanes) is 1. The van der Waals surface area contributed by atoms with E-state index in [2.05, 4.69) is 10.0 Å². The fraction of sp³-hybridized carbons (Fsp3) is 0.440. The Labute approximate surface area is 196 Å². The molecule has 0 bridgehead atoms. The third kappa shape index (κ3) is 7.40. The topological polar surface area (TPSA) is 95.6 Å². The predicted molar refractivity (Wildman–Crippen MR) is 129 cm³/mol. The molecule has 3 rings (SSSR count). The molecule has 1 heterocycles. The summed E-state index contributed by atoms with van der Waals surface area (Å²) in [6.07, 6.45) is 4.04. The second-order valence-corrected chi connectivity index (χ2v) is 10.2. The van der Waals surface area contributed by atoms with Crippen LogP contribution in [0.1, 0.15) is 44.6 Å². The Bertz CT molecular complexity index is 1030. The monoisotopic (exact) mass is 471 g/mol. The number of amides is 2. The smallest absolute Gasteiger partial charge is 0.240 e. The number of aryl methyl sites for hydroxylation is 1. The Hall–Kier alpha value is -2.71. The molecule has 1 aliphatic rings. The number of nitrogens with one attached hydrogen (secondary N) is 2. The van der Waals surface area contributed by atoms with Gasteiger partial charge in [-0.05, 0) is 49.4 Å². The average Bonchev–Trinajstić information content (AvgIpc) is 2.83. The lowest BCUT2D eigenvalue weighted by molar-refractivity contribution is -0.134. The zero-order valence-corrected chi connectivity index (χ0v) is 19.9. The minimum absolute atomic E-state index is 0.117. The van der Waals surface area contributed by atoms with Gasteiger partial charge in [-0.3, -0.25) is 9.59 Å². The maximum Gasteiger partial charge on any atom is 0.240 e. The molecule has 2 amide bonds. The van der Waals surface area contributed by atoms with Crippen LogP contribution in [0.25, 0.3) is 0 Å². The zero-order chi connectivity index (χ0) is 23.7. The first-order valence-electron chi connectivity index (χ1n) is 11.6. The van der Waals surface area contributed by atoms with Gasteiger partial charge in [-0.1, -0.05) is 49.7 Å². The van der Waals surface area contributed by atoms with Crippen molar-refractivity contribution in [2.45, 2.75) is 50.3 Å². The maximum absolute atomic E-state index is 12.7. The fourth-order valence-corrected chi connectivity index (χ4v) is 5.02. The molecule has 2 aromatic rings. The van der Waals surface area contributed by atoms with Crippen molar-refractivity contribution >= 4 is 27.5 Å². The van der Waals surface area contributed by atoms with Gasteiger partial charge in [0.15, 0.2) is 0 Å². The molecule has 33 heavy (non-hydrogen) atoms. The average molecular weight is 472 g/mol. The van der Waals surface area contributed by atoms with Gasteiger partial charge in [0.1, 0.15) is 0 Å². The summed E-state index contributed by atoms with van der Waals surface area (Å²) in [5, 5.41) is 2.85. The van der Waals surface area contributed by atoms with E-state index in [1.54, 1.807) is 12.1 Å². The van der Waals surface area contributed by atoms with Crippen molar-refractivity contribution in [3.8, 4) is 0 Å². The molecule has 0 saturated carbocycles. The molecule has 1 aliphatic heterocycles. The number of carbonyl (C=O) groups is 2. The van der Waals surface area contributed by atoms with Crippen molar-refractivity contribution in [1.82, 2.24) is 9.62 Å². The van der Waals surface area contributed by atoms with Gasteiger partial charge in [0.2, 0.25) is 21.8 Å². The SMILES string of the molecule is CCCCNS(=O)(=O)c1cccc(NC(=O)C2CCN(C(=O)CCc3ccccc3)CC2)c1. The van der Waals surface area contributed by atoms with E-state index < -0.39 is 10.0 Å². The summed E-state index contributed by atoms with van der Waals surface area (Å²) in [7, 11) is -3.60. The van der Waals surface area contributed by atoms with Crippen LogP contribution in [0, 0.1) is 5.92 Å². The van der Waals surface area contributed by atoms with E-state index in [0.717, 1.165) is 18.4 Å². The van der Waals surface area contributed by atoms with E-state index in [4.69, 9.17) is 0 Å². The fourth-order valence-electron chi connectivity index (χ4n) is 3.90. The molecule has 0 radical (unpaired) electrons. The van der Waals surface area contributed by atoms with Crippen molar-refractivity contribution in [3.05, 3.63) is 60.2 Å². The number of sulfonamides is 1. The standard InChI is InChI=1S/C25H33N3O4S/c1-2-3-16-26-33(31,32)23-11-7-10-22(19-23)27-25(30)21-14-17-28(18-15-21)24(29)13-12-20-8-5-4-6-9-20/h4-11,19,21,26H,2-3,12-18H2,1H3,(H,27,30). The number of benzene rings is 2. The van der Waals surface area contributed by atoms with Crippen molar-refractivity contribution in [3.63, 3.8) is 0 Å². The van der Waals surface area contributed by atoms with Crippen LogP contribution in [0.2, 0.25) is 0 Å². The molecule has 0 unspecified atom stereocenters. The van der Waals surface area contributed by atoms with Crippen molar-refractivity contribution in [2.75, 3.05) is 25.0 Å². The highest BCUT2D eigenvalue weighted by molar-refractivity contribution is 7.89. The van der Waals surface area contributed by atoms with Crippen LogP contribution in [-0.2, 0) is 26.0 Å². The summed E-state index contributed by atoms with van der Waals surface area (Å²) in [6, 6.07) is 16.2. The Balaban J connectivity index is 1.48. The lowest BCUT2D eigenvalue weighted by Gasteiger charge is -2.31. The highest BCUT2D eigenvalue weighted by Crippen LogP contribution is 2.22. The summed E-state index contributed by atoms with van der Waals surface area (Å²) in [5.41, 5.74) is 1.60. The van der Waals surface area contributed by atoms with Crippen LogP contribution in [0.15, 0.2) is 59.5 Å². The van der Waals surface area contributed by atoms with Crippen LogP contribution >= 0.6 is 0 Å². The molecule has 178 valence electrons. The van der Waals surface area contributed by atoms with Crippen LogP contribution in [-0.4, -0.2) is 44.8 Å². The first-order valence-corrected chi connectivity index (χ1v) is 13.1. The van der Waals surface area contributed by atoms with Crippen molar-refractivity contribution in [1.29, 1.82) is 0 Å². The van der Waals surface area contributed by atoms with Crippen LogP contribution < -0.4 is 10.0 Å². The minimum Gasteiger partial charge on any atom is -0.343 e. The predicted octanol–water partition coefficient (Wildman–Crippen LogP) is 3.57. The molecule has 7 nitrogen and oxygen atoms in total. The largest absolute Gasteiger partial charge is 0.343 e. The summed E-state index contributed by atoms with van der Waals surface area (Å²) in [4.78, 5) is 27.2. The Morgan fingerprint density at radius 1 is 1.03 bits per heavy atom. The quantitative estimate of drug-likeness (QED) is 0.518. The molecule has 0 atom stereocenters. The third-order valence-corrected chi connectivity index (χ3v) is 7.38. The van der Waals surface area contributed by atoms with Crippen LogP contribution in [0.3, 0.4) is 0 Å². The van der Waals surface area contributed by atoms with E-state index in [0.29, 0.717) is 51.0 Å². The Kier molecular flexibility index (Phi) is 9.03. The summed E-state index contributed by atoms with van der Waals surface area (Å²) in [5.74, 6) is -0.225. The summed E-state index contributed by atoms with van der Waals surface area (Å²) >= 11 is 0. The number of nitrogens with zero attached hydrogens (tertiary/aromatic N) is 1. The second-order valence-electron chi connectivity index (χ2n) is 8.41. The first kappa shape index (κ1) is 24.9. The van der Waals surface area contributed by atoms with Gasteiger partial charge >= 0.3 is 0 Å². The first-order chi connectivity index (χ1) is 15.9. The molecule has 1 saturated heterocycles. The number of anilines is 1. The Morgan fingerprint density at radius 2 is 1.76 bits per heavy atom. The van der Waals surface area contributed by atoms with E-state index in [9.17, 15) is 18.0 Å². The van der Waals surface area contributed by atoms with Gasteiger partial charge in [0.05, 0.1) is 4.90 Å². The molecule has 2 aromatic carbocycles. The lowest BCUT2D eigenvalue weighted by Crippen LogP contribution is -2.41. The molecule has 0 aromatic heterocycles. The van der Waals surface area contributed by atoms with Crippen molar-refractivity contribution in [2.24, 2.45) is 5.92 Å². The summed E-state index contributed by atoms with van der Waals surface area (Å²) in [6.45, 7) is 3.50. The number of hydrogen-bond acceptors (Lipinski definition) is 4. The van der Waals surface area contributed by atoms with Crippen LogP contribution in [0.4, 0.5) is 5.69 Å². The number of carbonyl (C=O) groups excluding carboxylic acids is 2. The number of piperidine rings is 1. The third-order valence-electron chi connectivity index (χ3n) is 5.92. The number of rotatable bonds is 10. The van der Waals surface area contributed by atoms with Gasteiger partial charge < -0.3 is 10.2 Å². The highest BCUT2D eigenvalue weighted by Gasteiger charge is 2.27. The van der Waals surface area contributed by atoms with E-state index in [-0.39, 0.29) is 22.6 Å². The molecule has 2 N–H and O–H groups in total. The van der Waals surface area contributed by atoms with E-state index >= 15 is 0 Å². The van der Waals surface area contributed by atoms with E-state index in [1.807, 2.05) is 42.2 Å². The zero-order valence-electron chi connectivity index (χ0n) is 19.1. The normalized spacial score (nSPS) is 14.8. The van der Waals surface area contributed by atoms with Gasteiger partial charge in [-0.25, -0.2) is 13.1 Å². The number of likely N-dealkylation sites (tertiary alicyclic amines) is 1. The van der Waals surface area contributed by atoms with Crippen molar-refractivity contribution < 1.29 is 18.0 Å². The van der Waals surface area contributed by atoms with Gasteiger partial charge in [-0.15, -0.1) is 0 Å². The molecule has 8 heteroatoms. The molecular weight excluding hydrogens is 438 g/mol. The summed E-state index contributed by atoms with van der Waals surface area (Å²) < 4.78 is 27.4. The lowest BCUT2D eigenvalue weighted by atomic mass is 9.95. The molecule has 0 aliphatic carbocycles. The highest BCUT2D eigenvalue weighted by atomic mass is 32.2. The van der Waals surface area contributed by atoms with Gasteiger partial charge in [0.25, 0.3) is 0 Å². The van der Waals surface area contributed by atoms with E-state index in [1.165, 1.54) is 12.1 Å². The minimum atomic E-state index is -3.60. The van der Waals surface area contributed by atoms with Gasteiger partial charge in [-0.2, -0.15) is 0 Å². The van der Waals surface area contributed by atoms with Crippen LogP contribution in [0.5, 0.6) is 0 Å². The van der Waals surface area contributed by atoms with Gasteiger partial charge in [0, 0.05) is 37.7 Å². The molecule has 1 fully saturated rings. The Morgan fingerprint density at radius 3 is 2.45 bits per heavy atom. The number of hydrogen-bond donors (Lipinski definition) is 2. The molecule has 0 spiro atoms.